The Hall–Kier alpha value is -5.98. The lowest BCUT2D eigenvalue weighted by Gasteiger charge is -2.21. The summed E-state index contributed by atoms with van der Waals surface area (Å²) < 4.78 is 0. The van der Waals surface area contributed by atoms with Gasteiger partial charge in [0, 0.05) is 0 Å². The minimum absolute atomic E-state index is 1.25. The van der Waals surface area contributed by atoms with Gasteiger partial charge in [-0.1, -0.05) is 158 Å². The predicted octanol–water partition coefficient (Wildman–Crippen LogP) is 13.1. The summed E-state index contributed by atoms with van der Waals surface area (Å²) in [6.45, 7) is 0. The van der Waals surface area contributed by atoms with E-state index in [1.807, 2.05) is 0 Å². The Morgan fingerprint density at radius 2 is 0.739 bits per heavy atom. The van der Waals surface area contributed by atoms with Crippen LogP contribution in [-0.2, 0) is 0 Å². The number of hydrogen-bond acceptors (Lipinski definition) is 0. The van der Waals surface area contributed by atoms with Crippen LogP contribution in [0.4, 0.5) is 0 Å². The van der Waals surface area contributed by atoms with Crippen molar-refractivity contribution in [3.8, 4) is 22.3 Å². The quantitative estimate of drug-likeness (QED) is 0.141. The molecule has 0 amide bonds. The average Bonchev–Trinajstić information content (AvgIpc) is 3.13. The molecule has 0 heteroatoms. The van der Waals surface area contributed by atoms with E-state index < -0.39 is 0 Å². The zero-order chi connectivity index (χ0) is 30.2. The number of fused-ring (bicyclic) bond motifs is 10. The molecule has 0 aliphatic rings. The molecule has 0 nitrogen and oxygen atoms in total. The molecule has 0 saturated carbocycles. The first-order chi connectivity index (χ1) is 22.8. The van der Waals surface area contributed by atoms with E-state index in [0.717, 1.165) is 0 Å². The fraction of sp³-hybridized carbons (Fsp3) is 0. The Labute approximate surface area is 266 Å². The molecule has 0 aromatic heterocycles. The van der Waals surface area contributed by atoms with Crippen molar-refractivity contribution in [1.29, 1.82) is 0 Å². The molecule has 0 bridgehead atoms. The number of hydrogen-bond donors (Lipinski definition) is 0. The van der Waals surface area contributed by atoms with Gasteiger partial charge in [0.2, 0.25) is 0 Å². The molecule has 0 saturated heterocycles. The van der Waals surface area contributed by atoms with E-state index in [1.165, 1.54) is 97.7 Å². The molecule has 0 spiro atoms. The van der Waals surface area contributed by atoms with Crippen LogP contribution in [0.1, 0.15) is 0 Å². The minimum atomic E-state index is 1.25. The molecular formula is C46H28. The Balaban J connectivity index is 1.43. The van der Waals surface area contributed by atoms with Crippen molar-refractivity contribution in [3.05, 3.63) is 170 Å². The molecule has 0 aliphatic heterocycles. The highest BCUT2D eigenvalue weighted by atomic mass is 14.2. The van der Waals surface area contributed by atoms with Crippen LogP contribution in [0.2, 0.25) is 0 Å². The standard InChI is InChI=1S/C46H28/c1-2-14-32-27-33(23-21-29(32)11-1)44-39-19-9-10-20-40(39)46(45-36-16-6-4-13-31(36)25-26-41(44)45)42-28-34-24-22-30-12-3-5-15-35(30)43(34)38-18-8-7-17-37(38)42/h1-28H. The lowest BCUT2D eigenvalue weighted by molar-refractivity contribution is 1.70. The van der Waals surface area contributed by atoms with Gasteiger partial charge >= 0.3 is 0 Å². The highest BCUT2D eigenvalue weighted by Gasteiger charge is 2.21. The molecule has 0 fully saturated rings. The van der Waals surface area contributed by atoms with Gasteiger partial charge in [0.05, 0.1) is 0 Å². The first kappa shape index (κ1) is 25.4. The van der Waals surface area contributed by atoms with Crippen LogP contribution in [-0.4, -0.2) is 0 Å². The SMILES string of the molecule is c1ccc2cc(-c3c4ccccc4c(-c4cc5ccc6ccccc6c5c5ccccc45)c4c3ccc3ccccc34)ccc2c1. The Morgan fingerprint density at radius 1 is 0.239 bits per heavy atom. The second-order valence-corrected chi connectivity index (χ2v) is 12.4. The van der Waals surface area contributed by atoms with Crippen LogP contribution in [0.3, 0.4) is 0 Å². The molecule has 0 unspecified atom stereocenters. The topological polar surface area (TPSA) is 0 Å². The van der Waals surface area contributed by atoms with Crippen LogP contribution in [0, 0.1) is 0 Å². The van der Waals surface area contributed by atoms with Gasteiger partial charge in [0.15, 0.2) is 0 Å². The fourth-order valence-corrected chi connectivity index (χ4v) is 7.97. The molecule has 10 aromatic rings. The van der Waals surface area contributed by atoms with Crippen molar-refractivity contribution in [2.24, 2.45) is 0 Å². The van der Waals surface area contributed by atoms with Gasteiger partial charge in [0.1, 0.15) is 0 Å². The summed E-state index contributed by atoms with van der Waals surface area (Å²) in [5.74, 6) is 0. The van der Waals surface area contributed by atoms with Crippen LogP contribution in [0.15, 0.2) is 170 Å². The monoisotopic (exact) mass is 580 g/mol. The van der Waals surface area contributed by atoms with E-state index in [4.69, 9.17) is 0 Å². The second kappa shape index (κ2) is 9.76. The van der Waals surface area contributed by atoms with Gasteiger partial charge in [-0.3, -0.25) is 0 Å². The number of rotatable bonds is 2. The van der Waals surface area contributed by atoms with E-state index >= 15 is 0 Å². The largest absolute Gasteiger partial charge is 0.0616 e. The summed E-state index contributed by atoms with van der Waals surface area (Å²) in [4.78, 5) is 0. The molecule has 46 heavy (non-hydrogen) atoms. The molecule has 0 heterocycles. The highest BCUT2D eigenvalue weighted by molar-refractivity contribution is 6.32. The maximum atomic E-state index is 2.45. The first-order valence-electron chi connectivity index (χ1n) is 16.0. The molecule has 0 radical (unpaired) electrons. The van der Waals surface area contributed by atoms with Gasteiger partial charge in [-0.2, -0.15) is 0 Å². The molecule has 0 N–H and O–H groups in total. The van der Waals surface area contributed by atoms with E-state index in [1.54, 1.807) is 0 Å². The highest BCUT2D eigenvalue weighted by Crippen LogP contribution is 2.49. The molecule has 212 valence electrons. The normalized spacial score (nSPS) is 11.9. The van der Waals surface area contributed by atoms with Crippen molar-refractivity contribution in [2.75, 3.05) is 0 Å². The summed E-state index contributed by atoms with van der Waals surface area (Å²) in [6, 6.07) is 62.9. The molecular weight excluding hydrogens is 553 g/mol. The third kappa shape index (κ3) is 3.62. The summed E-state index contributed by atoms with van der Waals surface area (Å²) in [5, 5.41) is 17.9. The second-order valence-electron chi connectivity index (χ2n) is 12.4. The summed E-state index contributed by atoms with van der Waals surface area (Å²) in [7, 11) is 0. The van der Waals surface area contributed by atoms with Crippen LogP contribution < -0.4 is 0 Å². The summed E-state index contributed by atoms with van der Waals surface area (Å²) in [6.07, 6.45) is 0. The van der Waals surface area contributed by atoms with Crippen molar-refractivity contribution >= 4 is 75.4 Å². The van der Waals surface area contributed by atoms with Crippen LogP contribution >= 0.6 is 0 Å². The van der Waals surface area contributed by atoms with Crippen LogP contribution in [0.5, 0.6) is 0 Å². The maximum absolute atomic E-state index is 2.45. The average molecular weight is 581 g/mol. The van der Waals surface area contributed by atoms with E-state index in [9.17, 15) is 0 Å². The minimum Gasteiger partial charge on any atom is -0.0616 e. The summed E-state index contributed by atoms with van der Waals surface area (Å²) >= 11 is 0. The third-order valence-corrected chi connectivity index (χ3v) is 9.97. The lowest BCUT2D eigenvalue weighted by Crippen LogP contribution is -1.93. The van der Waals surface area contributed by atoms with Gasteiger partial charge in [-0.15, -0.1) is 0 Å². The number of benzene rings is 10. The zero-order valence-corrected chi connectivity index (χ0v) is 25.2. The van der Waals surface area contributed by atoms with E-state index in [0.29, 0.717) is 0 Å². The van der Waals surface area contributed by atoms with Gasteiger partial charge < -0.3 is 0 Å². The smallest absolute Gasteiger partial charge is 0.00137 e. The Morgan fingerprint density at radius 3 is 1.48 bits per heavy atom. The maximum Gasteiger partial charge on any atom is -0.00137 e. The molecule has 0 aliphatic carbocycles. The van der Waals surface area contributed by atoms with Gasteiger partial charge in [-0.05, 0) is 110 Å². The van der Waals surface area contributed by atoms with Crippen molar-refractivity contribution in [3.63, 3.8) is 0 Å². The van der Waals surface area contributed by atoms with Crippen molar-refractivity contribution in [2.45, 2.75) is 0 Å². The molecule has 10 aromatic carbocycles. The fourth-order valence-electron chi connectivity index (χ4n) is 7.97. The predicted molar refractivity (Wildman–Crippen MR) is 200 cm³/mol. The van der Waals surface area contributed by atoms with E-state index in [-0.39, 0.29) is 0 Å². The van der Waals surface area contributed by atoms with Crippen LogP contribution in [0.25, 0.3) is 97.7 Å². The Bertz CT molecular complexity index is 2850. The van der Waals surface area contributed by atoms with E-state index in [2.05, 4.69) is 170 Å². The van der Waals surface area contributed by atoms with Gasteiger partial charge in [-0.25, -0.2) is 0 Å². The van der Waals surface area contributed by atoms with Crippen molar-refractivity contribution < 1.29 is 0 Å². The molecule has 0 atom stereocenters. The first-order valence-corrected chi connectivity index (χ1v) is 16.0. The van der Waals surface area contributed by atoms with Gasteiger partial charge in [0.25, 0.3) is 0 Å². The Kier molecular flexibility index (Phi) is 5.38. The molecule has 10 rings (SSSR count). The van der Waals surface area contributed by atoms with Crippen molar-refractivity contribution in [1.82, 2.24) is 0 Å². The third-order valence-electron chi connectivity index (χ3n) is 9.97. The summed E-state index contributed by atoms with van der Waals surface area (Å²) in [5.41, 5.74) is 5.12. The lowest BCUT2D eigenvalue weighted by atomic mass is 9.82. The zero-order valence-electron chi connectivity index (χ0n) is 25.2.